The Morgan fingerprint density at radius 1 is 1.33 bits per heavy atom. The van der Waals surface area contributed by atoms with Gasteiger partial charge in [0.05, 0.1) is 11.2 Å². The smallest absolute Gasteiger partial charge is 0.244 e. The van der Waals surface area contributed by atoms with E-state index in [1.807, 2.05) is 36.1 Å². The minimum atomic E-state index is -0.267. The van der Waals surface area contributed by atoms with E-state index in [1.165, 1.54) is 0 Å². The number of hydrogen-bond donors (Lipinski definition) is 2. The second-order valence-corrected chi connectivity index (χ2v) is 5.50. The number of rotatable bonds is 3. The number of hydrogen-bond acceptors (Lipinski definition) is 4. The van der Waals surface area contributed by atoms with E-state index in [9.17, 15) is 4.79 Å². The van der Waals surface area contributed by atoms with Crippen LogP contribution in [0.1, 0.15) is 19.8 Å². The van der Waals surface area contributed by atoms with E-state index >= 15 is 0 Å². The summed E-state index contributed by atoms with van der Waals surface area (Å²) in [6.45, 7) is 3.63. The van der Waals surface area contributed by atoms with Gasteiger partial charge in [-0.05, 0) is 44.0 Å². The molecule has 0 saturated carbocycles. The molecule has 1 aromatic carbocycles. The summed E-state index contributed by atoms with van der Waals surface area (Å²) in [6, 6.07) is 7.27. The van der Waals surface area contributed by atoms with E-state index in [4.69, 9.17) is 5.73 Å². The van der Waals surface area contributed by atoms with Crippen molar-refractivity contribution >= 4 is 28.2 Å². The third kappa shape index (κ3) is 2.63. The van der Waals surface area contributed by atoms with Crippen LogP contribution < -0.4 is 11.1 Å². The first kappa shape index (κ1) is 13.7. The Bertz CT molecular complexity index is 664. The lowest BCUT2D eigenvalue weighted by Gasteiger charge is -2.22. The van der Waals surface area contributed by atoms with Gasteiger partial charge in [-0.15, -0.1) is 0 Å². The van der Waals surface area contributed by atoms with Crippen LogP contribution in [0.2, 0.25) is 0 Å². The Kier molecular flexibility index (Phi) is 3.64. The minimum Gasteiger partial charge on any atom is -0.398 e. The summed E-state index contributed by atoms with van der Waals surface area (Å²) in [7, 11) is 0. The van der Waals surface area contributed by atoms with Gasteiger partial charge in [-0.3, -0.25) is 9.78 Å². The highest BCUT2D eigenvalue weighted by atomic mass is 16.2. The first-order chi connectivity index (χ1) is 10.2. The molecule has 1 atom stereocenters. The van der Waals surface area contributed by atoms with Crippen molar-refractivity contribution in [3.63, 3.8) is 0 Å². The number of carbonyl (C=O) groups excluding carboxylic acids is 1. The number of likely N-dealkylation sites (tertiary alicyclic amines) is 1. The molecule has 2 aromatic rings. The lowest BCUT2D eigenvalue weighted by Crippen LogP contribution is -2.39. The number of anilines is 2. The summed E-state index contributed by atoms with van der Waals surface area (Å²) < 4.78 is 0. The summed E-state index contributed by atoms with van der Waals surface area (Å²) in [5, 5.41) is 4.19. The van der Waals surface area contributed by atoms with Gasteiger partial charge in [0.25, 0.3) is 0 Å². The Labute approximate surface area is 124 Å². The number of nitrogens with one attached hydrogen (secondary N) is 1. The number of benzene rings is 1. The minimum absolute atomic E-state index is 0.147. The first-order valence-electron chi connectivity index (χ1n) is 7.35. The molecule has 0 radical (unpaired) electrons. The second kappa shape index (κ2) is 5.60. The van der Waals surface area contributed by atoms with E-state index in [-0.39, 0.29) is 11.9 Å². The fourth-order valence-electron chi connectivity index (χ4n) is 2.82. The monoisotopic (exact) mass is 284 g/mol. The van der Waals surface area contributed by atoms with Crippen LogP contribution in [0.4, 0.5) is 11.4 Å². The van der Waals surface area contributed by atoms with Crippen molar-refractivity contribution in [2.45, 2.75) is 25.8 Å². The normalized spacial score (nSPS) is 16.1. The maximum absolute atomic E-state index is 12.4. The van der Waals surface area contributed by atoms with Gasteiger partial charge in [0.15, 0.2) is 0 Å². The van der Waals surface area contributed by atoms with Crippen LogP contribution in [-0.2, 0) is 4.79 Å². The molecule has 1 aromatic heterocycles. The molecule has 2 heterocycles. The molecule has 5 heteroatoms. The standard InChI is InChI=1S/C16H20N4O/c1-11(16(21)20-9-2-3-10-20)19-14-7-6-13(17)12-5-4-8-18-15(12)14/h4-8,11,19H,2-3,9-10,17H2,1H3. The number of pyridine rings is 1. The van der Waals surface area contributed by atoms with E-state index in [1.54, 1.807) is 6.20 Å². The van der Waals surface area contributed by atoms with Crippen LogP contribution in [0.3, 0.4) is 0 Å². The van der Waals surface area contributed by atoms with Gasteiger partial charge in [-0.2, -0.15) is 0 Å². The van der Waals surface area contributed by atoms with Gasteiger partial charge in [-0.25, -0.2) is 0 Å². The van der Waals surface area contributed by atoms with Crippen LogP contribution in [-0.4, -0.2) is 34.9 Å². The molecule has 5 nitrogen and oxygen atoms in total. The SMILES string of the molecule is CC(Nc1ccc(N)c2cccnc12)C(=O)N1CCCC1. The zero-order chi connectivity index (χ0) is 14.8. The molecule has 0 aliphatic carbocycles. The largest absolute Gasteiger partial charge is 0.398 e. The molecule has 1 amide bonds. The average molecular weight is 284 g/mol. The highest BCUT2D eigenvalue weighted by Gasteiger charge is 2.23. The maximum Gasteiger partial charge on any atom is 0.244 e. The molecule has 21 heavy (non-hydrogen) atoms. The number of nitrogen functional groups attached to an aromatic ring is 1. The van der Waals surface area contributed by atoms with Crippen LogP contribution >= 0.6 is 0 Å². The van der Waals surface area contributed by atoms with E-state index in [0.717, 1.165) is 42.5 Å². The molecule has 3 rings (SSSR count). The predicted octanol–water partition coefficient (Wildman–Crippen LogP) is 2.24. The van der Waals surface area contributed by atoms with E-state index < -0.39 is 0 Å². The topological polar surface area (TPSA) is 71.2 Å². The van der Waals surface area contributed by atoms with Crippen molar-refractivity contribution in [1.29, 1.82) is 0 Å². The van der Waals surface area contributed by atoms with Crippen molar-refractivity contribution in [1.82, 2.24) is 9.88 Å². The van der Waals surface area contributed by atoms with Crippen LogP contribution in [0.5, 0.6) is 0 Å². The van der Waals surface area contributed by atoms with Gasteiger partial charge in [0, 0.05) is 30.4 Å². The number of nitrogens with zero attached hydrogens (tertiary/aromatic N) is 2. The fourth-order valence-corrected chi connectivity index (χ4v) is 2.82. The zero-order valence-corrected chi connectivity index (χ0v) is 12.2. The Hall–Kier alpha value is -2.30. The highest BCUT2D eigenvalue weighted by molar-refractivity contribution is 5.99. The van der Waals surface area contributed by atoms with Gasteiger partial charge in [0.2, 0.25) is 5.91 Å². The molecule has 1 aliphatic rings. The number of aromatic nitrogens is 1. The summed E-state index contributed by atoms with van der Waals surface area (Å²) in [5.74, 6) is 0.147. The predicted molar refractivity (Wildman–Crippen MR) is 85.1 cm³/mol. The molecule has 1 unspecified atom stereocenters. The van der Waals surface area contributed by atoms with Crippen molar-refractivity contribution in [3.05, 3.63) is 30.5 Å². The quantitative estimate of drug-likeness (QED) is 0.848. The first-order valence-corrected chi connectivity index (χ1v) is 7.35. The molecular formula is C16H20N4O. The summed E-state index contributed by atoms with van der Waals surface area (Å²) in [4.78, 5) is 18.7. The van der Waals surface area contributed by atoms with Gasteiger partial charge < -0.3 is 16.0 Å². The molecule has 110 valence electrons. The maximum atomic E-state index is 12.4. The fraction of sp³-hybridized carbons (Fsp3) is 0.375. The zero-order valence-electron chi connectivity index (χ0n) is 12.2. The molecule has 1 fully saturated rings. The number of fused-ring (bicyclic) bond motifs is 1. The van der Waals surface area contributed by atoms with Gasteiger partial charge in [-0.1, -0.05) is 0 Å². The van der Waals surface area contributed by atoms with Crippen LogP contribution in [0.15, 0.2) is 30.5 Å². The van der Waals surface area contributed by atoms with Crippen molar-refractivity contribution < 1.29 is 4.79 Å². The second-order valence-electron chi connectivity index (χ2n) is 5.50. The number of amides is 1. The van der Waals surface area contributed by atoms with Crippen molar-refractivity contribution in [3.8, 4) is 0 Å². The molecule has 0 bridgehead atoms. The Balaban J connectivity index is 1.84. The summed E-state index contributed by atoms with van der Waals surface area (Å²) >= 11 is 0. The Morgan fingerprint density at radius 2 is 2.10 bits per heavy atom. The number of nitrogens with two attached hydrogens (primary N) is 1. The molecule has 1 saturated heterocycles. The molecule has 0 spiro atoms. The van der Waals surface area contributed by atoms with Crippen molar-refractivity contribution in [2.75, 3.05) is 24.1 Å². The molecule has 1 aliphatic heterocycles. The lowest BCUT2D eigenvalue weighted by atomic mass is 10.1. The molecular weight excluding hydrogens is 264 g/mol. The number of carbonyl (C=O) groups is 1. The average Bonchev–Trinajstić information content (AvgIpc) is 3.04. The highest BCUT2D eigenvalue weighted by Crippen LogP contribution is 2.27. The van der Waals surface area contributed by atoms with Crippen molar-refractivity contribution in [2.24, 2.45) is 0 Å². The van der Waals surface area contributed by atoms with Gasteiger partial charge in [0.1, 0.15) is 6.04 Å². The van der Waals surface area contributed by atoms with Gasteiger partial charge >= 0.3 is 0 Å². The third-order valence-electron chi connectivity index (χ3n) is 3.96. The van der Waals surface area contributed by atoms with E-state index in [0.29, 0.717) is 5.69 Å². The molecule has 3 N–H and O–H groups in total. The Morgan fingerprint density at radius 3 is 2.86 bits per heavy atom. The third-order valence-corrected chi connectivity index (χ3v) is 3.96. The van der Waals surface area contributed by atoms with E-state index in [2.05, 4.69) is 10.3 Å². The summed E-state index contributed by atoms with van der Waals surface area (Å²) in [5.41, 5.74) is 8.32. The summed E-state index contributed by atoms with van der Waals surface area (Å²) in [6.07, 6.45) is 3.94. The van der Waals surface area contributed by atoms with Crippen LogP contribution in [0, 0.1) is 0 Å². The van der Waals surface area contributed by atoms with Crippen LogP contribution in [0.25, 0.3) is 10.9 Å². The lowest BCUT2D eigenvalue weighted by molar-refractivity contribution is -0.130.